The van der Waals surface area contributed by atoms with E-state index in [4.69, 9.17) is 5.73 Å². The second kappa shape index (κ2) is 4.53. The summed E-state index contributed by atoms with van der Waals surface area (Å²) in [5, 5.41) is 0. The Morgan fingerprint density at radius 1 is 1.36 bits per heavy atom. The first kappa shape index (κ1) is 10.4. The number of hydrogen-bond donors (Lipinski definition) is 1. The standard InChI is InChI=1S/C12H13NO/c1-3-11(13)9(2)12(14)10-7-5-4-6-8-10/h3-8,11H,1-2,13H2. The molecule has 0 heterocycles. The van der Waals surface area contributed by atoms with Gasteiger partial charge in [0.25, 0.3) is 0 Å². The van der Waals surface area contributed by atoms with Gasteiger partial charge in [0.2, 0.25) is 0 Å². The molecule has 0 amide bonds. The minimum atomic E-state index is -0.470. The predicted molar refractivity (Wildman–Crippen MR) is 58.1 cm³/mol. The zero-order valence-electron chi connectivity index (χ0n) is 7.94. The molecule has 0 radical (unpaired) electrons. The van der Waals surface area contributed by atoms with E-state index in [1.807, 2.05) is 6.07 Å². The molecule has 1 aromatic rings. The van der Waals surface area contributed by atoms with Crippen LogP contribution in [0.1, 0.15) is 10.4 Å². The molecule has 0 fully saturated rings. The molecule has 1 aromatic carbocycles. The van der Waals surface area contributed by atoms with Crippen molar-refractivity contribution in [1.29, 1.82) is 0 Å². The van der Waals surface area contributed by atoms with E-state index in [0.29, 0.717) is 11.1 Å². The lowest BCUT2D eigenvalue weighted by molar-refractivity contribution is 0.103. The Labute approximate surface area is 83.7 Å². The van der Waals surface area contributed by atoms with Crippen molar-refractivity contribution in [3.8, 4) is 0 Å². The highest BCUT2D eigenvalue weighted by atomic mass is 16.1. The van der Waals surface area contributed by atoms with Crippen molar-refractivity contribution >= 4 is 5.78 Å². The Hall–Kier alpha value is -1.67. The predicted octanol–water partition coefficient (Wildman–Crippen LogP) is 1.94. The Balaban J connectivity index is 2.87. The van der Waals surface area contributed by atoms with Crippen molar-refractivity contribution in [3.05, 3.63) is 60.7 Å². The number of carbonyl (C=O) groups excluding carboxylic acids is 1. The fourth-order valence-electron chi connectivity index (χ4n) is 1.07. The Morgan fingerprint density at radius 3 is 2.43 bits per heavy atom. The highest BCUT2D eigenvalue weighted by Gasteiger charge is 2.13. The summed E-state index contributed by atoms with van der Waals surface area (Å²) in [6.45, 7) is 7.18. The Bertz CT molecular complexity index is 354. The van der Waals surface area contributed by atoms with E-state index >= 15 is 0 Å². The highest BCUT2D eigenvalue weighted by molar-refractivity contribution is 6.09. The highest BCUT2D eigenvalue weighted by Crippen LogP contribution is 2.09. The van der Waals surface area contributed by atoms with Crippen LogP contribution in [-0.4, -0.2) is 11.8 Å². The minimum Gasteiger partial charge on any atom is -0.321 e. The summed E-state index contributed by atoms with van der Waals surface area (Å²) in [6, 6.07) is 8.47. The maximum absolute atomic E-state index is 11.7. The SMILES string of the molecule is C=CC(N)C(=C)C(=O)c1ccccc1. The van der Waals surface area contributed by atoms with Crippen molar-refractivity contribution < 1.29 is 4.79 Å². The number of hydrogen-bond acceptors (Lipinski definition) is 2. The molecule has 72 valence electrons. The lowest BCUT2D eigenvalue weighted by Crippen LogP contribution is -2.24. The maximum atomic E-state index is 11.7. The largest absolute Gasteiger partial charge is 0.321 e. The van der Waals surface area contributed by atoms with Gasteiger partial charge in [-0.25, -0.2) is 0 Å². The molecular formula is C12H13NO. The summed E-state index contributed by atoms with van der Waals surface area (Å²) in [5.41, 5.74) is 6.59. The maximum Gasteiger partial charge on any atom is 0.190 e. The van der Waals surface area contributed by atoms with Crippen LogP contribution in [-0.2, 0) is 0 Å². The lowest BCUT2D eigenvalue weighted by atomic mass is 9.99. The summed E-state index contributed by atoms with van der Waals surface area (Å²) in [7, 11) is 0. The second-order valence-corrected chi connectivity index (χ2v) is 2.98. The fourth-order valence-corrected chi connectivity index (χ4v) is 1.07. The van der Waals surface area contributed by atoms with E-state index in [0.717, 1.165) is 0 Å². The molecule has 0 aliphatic carbocycles. The van der Waals surface area contributed by atoms with Crippen LogP contribution in [0.3, 0.4) is 0 Å². The summed E-state index contributed by atoms with van der Waals surface area (Å²) >= 11 is 0. The molecule has 0 aliphatic heterocycles. The van der Waals surface area contributed by atoms with Crippen LogP contribution in [0.25, 0.3) is 0 Å². The zero-order chi connectivity index (χ0) is 10.6. The van der Waals surface area contributed by atoms with Crippen molar-refractivity contribution in [2.24, 2.45) is 5.73 Å². The molecule has 0 spiro atoms. The van der Waals surface area contributed by atoms with E-state index in [1.165, 1.54) is 6.08 Å². The molecule has 2 N–H and O–H groups in total. The summed E-state index contributed by atoms with van der Waals surface area (Å²) in [6.07, 6.45) is 1.50. The monoisotopic (exact) mass is 187 g/mol. The van der Waals surface area contributed by atoms with Crippen molar-refractivity contribution in [2.75, 3.05) is 0 Å². The zero-order valence-corrected chi connectivity index (χ0v) is 7.94. The van der Waals surface area contributed by atoms with Gasteiger partial charge in [-0.3, -0.25) is 4.79 Å². The first-order valence-corrected chi connectivity index (χ1v) is 4.33. The van der Waals surface area contributed by atoms with Crippen LogP contribution in [0.2, 0.25) is 0 Å². The van der Waals surface area contributed by atoms with Crippen LogP contribution in [0.5, 0.6) is 0 Å². The first-order valence-electron chi connectivity index (χ1n) is 4.33. The molecule has 2 nitrogen and oxygen atoms in total. The molecule has 2 heteroatoms. The third-order valence-corrected chi connectivity index (χ3v) is 1.98. The van der Waals surface area contributed by atoms with Crippen LogP contribution in [0.4, 0.5) is 0 Å². The van der Waals surface area contributed by atoms with Gasteiger partial charge < -0.3 is 5.73 Å². The van der Waals surface area contributed by atoms with Crippen LogP contribution in [0.15, 0.2) is 55.1 Å². The van der Waals surface area contributed by atoms with E-state index in [-0.39, 0.29) is 5.78 Å². The van der Waals surface area contributed by atoms with Gasteiger partial charge in [0.1, 0.15) is 0 Å². The van der Waals surface area contributed by atoms with Gasteiger partial charge >= 0.3 is 0 Å². The van der Waals surface area contributed by atoms with E-state index in [2.05, 4.69) is 13.2 Å². The second-order valence-electron chi connectivity index (χ2n) is 2.98. The van der Waals surface area contributed by atoms with Gasteiger partial charge in [0, 0.05) is 11.1 Å². The molecule has 1 unspecified atom stereocenters. The third kappa shape index (κ3) is 2.18. The van der Waals surface area contributed by atoms with Gasteiger partial charge in [-0.2, -0.15) is 0 Å². The topological polar surface area (TPSA) is 43.1 Å². The van der Waals surface area contributed by atoms with Gasteiger partial charge in [-0.05, 0) is 0 Å². The Kier molecular flexibility index (Phi) is 3.37. The van der Waals surface area contributed by atoms with Crippen LogP contribution < -0.4 is 5.73 Å². The van der Waals surface area contributed by atoms with E-state index < -0.39 is 6.04 Å². The van der Waals surface area contributed by atoms with E-state index in [1.54, 1.807) is 24.3 Å². The van der Waals surface area contributed by atoms with Gasteiger partial charge in [-0.1, -0.05) is 43.0 Å². The number of nitrogens with two attached hydrogens (primary N) is 1. The van der Waals surface area contributed by atoms with Crippen LogP contribution in [0, 0.1) is 0 Å². The van der Waals surface area contributed by atoms with E-state index in [9.17, 15) is 4.79 Å². The number of Topliss-reactive ketones (excluding diaryl/α,β-unsaturated/α-hetero) is 1. The van der Waals surface area contributed by atoms with Crippen molar-refractivity contribution in [1.82, 2.24) is 0 Å². The quantitative estimate of drug-likeness (QED) is 0.444. The van der Waals surface area contributed by atoms with Crippen molar-refractivity contribution in [3.63, 3.8) is 0 Å². The molecule has 0 saturated carbocycles. The number of ketones is 1. The number of benzene rings is 1. The first-order chi connectivity index (χ1) is 6.66. The molecule has 0 bridgehead atoms. The van der Waals surface area contributed by atoms with Gasteiger partial charge in [0.05, 0.1) is 6.04 Å². The van der Waals surface area contributed by atoms with Crippen LogP contribution >= 0.6 is 0 Å². The molecule has 14 heavy (non-hydrogen) atoms. The van der Waals surface area contributed by atoms with Crippen molar-refractivity contribution in [2.45, 2.75) is 6.04 Å². The number of rotatable bonds is 4. The summed E-state index contributed by atoms with van der Waals surface area (Å²) < 4.78 is 0. The average molecular weight is 187 g/mol. The van der Waals surface area contributed by atoms with Gasteiger partial charge in [0.15, 0.2) is 5.78 Å². The molecular weight excluding hydrogens is 174 g/mol. The fraction of sp³-hybridized carbons (Fsp3) is 0.0833. The summed E-state index contributed by atoms with van der Waals surface area (Å²) in [5.74, 6) is -0.127. The molecule has 1 atom stereocenters. The smallest absolute Gasteiger partial charge is 0.190 e. The molecule has 0 aliphatic rings. The molecule has 0 saturated heterocycles. The molecule has 1 rings (SSSR count). The minimum absolute atomic E-state index is 0.127. The molecule has 0 aromatic heterocycles. The average Bonchev–Trinajstić information content (AvgIpc) is 2.27. The third-order valence-electron chi connectivity index (χ3n) is 1.98. The normalized spacial score (nSPS) is 11.8. The summed E-state index contributed by atoms with van der Waals surface area (Å²) in [4.78, 5) is 11.7. The number of carbonyl (C=O) groups is 1. The van der Waals surface area contributed by atoms with Gasteiger partial charge in [-0.15, -0.1) is 6.58 Å². The lowest BCUT2D eigenvalue weighted by Gasteiger charge is -2.08. The Morgan fingerprint density at radius 2 is 1.93 bits per heavy atom.